The van der Waals surface area contributed by atoms with E-state index in [1.54, 1.807) is 0 Å². The summed E-state index contributed by atoms with van der Waals surface area (Å²) in [6.45, 7) is -2.08. The second-order valence-electron chi connectivity index (χ2n) is 2.58. The molecule has 0 saturated carbocycles. The highest BCUT2D eigenvalue weighted by molar-refractivity contribution is 4.85. The Morgan fingerprint density at radius 3 is 2.20 bits per heavy atom. The van der Waals surface area contributed by atoms with E-state index in [2.05, 4.69) is 4.74 Å². The Labute approximate surface area is 57.2 Å². The monoisotopic (exact) mass is 154 g/mol. The van der Waals surface area contributed by atoms with Gasteiger partial charge in [0, 0.05) is 6.42 Å². The molecule has 60 valence electrons. The lowest BCUT2D eigenvalue weighted by Gasteiger charge is -2.15. The zero-order chi connectivity index (χ0) is 7.61. The largest absolute Gasteiger partial charge is 0.373 e. The van der Waals surface area contributed by atoms with Crippen molar-refractivity contribution in [3.63, 3.8) is 0 Å². The van der Waals surface area contributed by atoms with Crippen molar-refractivity contribution in [2.24, 2.45) is 0 Å². The normalized spacial score (nSPS) is 24.9. The van der Waals surface area contributed by atoms with Gasteiger partial charge in [-0.1, -0.05) is 0 Å². The van der Waals surface area contributed by atoms with E-state index in [-0.39, 0.29) is 12.5 Å². The second-order valence-corrected chi connectivity index (χ2v) is 2.58. The van der Waals surface area contributed by atoms with Gasteiger partial charge in [0.2, 0.25) is 0 Å². The van der Waals surface area contributed by atoms with Crippen molar-refractivity contribution in [3.05, 3.63) is 0 Å². The van der Waals surface area contributed by atoms with Crippen LogP contribution in [0.1, 0.15) is 6.42 Å². The van der Waals surface area contributed by atoms with E-state index in [1.165, 1.54) is 0 Å². The standard InChI is InChI=1S/C6H9F3O/c7-3-6(9,4-8)1-5-2-10-5/h5H,1-4H2. The maximum Gasteiger partial charge on any atom is 0.169 e. The van der Waals surface area contributed by atoms with Gasteiger partial charge >= 0.3 is 0 Å². The molecule has 1 saturated heterocycles. The lowest BCUT2D eigenvalue weighted by molar-refractivity contribution is 0.0683. The fourth-order valence-corrected chi connectivity index (χ4v) is 0.739. The van der Waals surface area contributed by atoms with Gasteiger partial charge in [-0.05, 0) is 0 Å². The number of rotatable bonds is 4. The molecule has 1 aliphatic heterocycles. The van der Waals surface area contributed by atoms with Crippen molar-refractivity contribution in [1.29, 1.82) is 0 Å². The molecule has 0 radical (unpaired) electrons. The van der Waals surface area contributed by atoms with Gasteiger partial charge in [0.05, 0.1) is 12.7 Å². The van der Waals surface area contributed by atoms with Gasteiger partial charge in [-0.3, -0.25) is 0 Å². The first-order valence-corrected chi connectivity index (χ1v) is 3.13. The third kappa shape index (κ3) is 1.87. The van der Waals surface area contributed by atoms with Crippen LogP contribution >= 0.6 is 0 Å². The molecule has 1 aliphatic rings. The van der Waals surface area contributed by atoms with Gasteiger partial charge in [-0.2, -0.15) is 0 Å². The summed E-state index contributed by atoms with van der Waals surface area (Å²) >= 11 is 0. The quantitative estimate of drug-likeness (QED) is 0.558. The molecule has 4 heteroatoms. The molecule has 0 aromatic heterocycles. The molecule has 1 unspecified atom stereocenters. The smallest absolute Gasteiger partial charge is 0.169 e. The van der Waals surface area contributed by atoms with Crippen LogP contribution in [0.2, 0.25) is 0 Å². The predicted octanol–water partition coefficient (Wildman–Crippen LogP) is 1.42. The van der Waals surface area contributed by atoms with Crippen molar-refractivity contribution >= 4 is 0 Å². The highest BCUT2D eigenvalue weighted by atomic mass is 19.2. The van der Waals surface area contributed by atoms with Gasteiger partial charge in [-0.25, -0.2) is 13.2 Å². The topological polar surface area (TPSA) is 12.5 Å². The predicted molar refractivity (Wildman–Crippen MR) is 30.1 cm³/mol. The fraction of sp³-hybridized carbons (Fsp3) is 1.00. The summed E-state index contributed by atoms with van der Waals surface area (Å²) in [4.78, 5) is 0. The molecule has 1 rings (SSSR count). The van der Waals surface area contributed by atoms with Gasteiger partial charge in [0.15, 0.2) is 5.67 Å². The summed E-state index contributed by atoms with van der Waals surface area (Å²) in [7, 11) is 0. The van der Waals surface area contributed by atoms with Crippen molar-refractivity contribution < 1.29 is 17.9 Å². The first kappa shape index (κ1) is 7.85. The van der Waals surface area contributed by atoms with Gasteiger partial charge in [0.25, 0.3) is 0 Å². The van der Waals surface area contributed by atoms with E-state index >= 15 is 0 Å². The molecule has 0 aliphatic carbocycles. The zero-order valence-corrected chi connectivity index (χ0v) is 5.45. The molecule has 0 aromatic rings. The molecule has 0 amide bonds. The maximum absolute atomic E-state index is 12.7. The molecule has 0 aromatic carbocycles. The molecular weight excluding hydrogens is 145 g/mol. The number of ether oxygens (including phenoxy) is 1. The fourth-order valence-electron chi connectivity index (χ4n) is 0.739. The van der Waals surface area contributed by atoms with E-state index in [0.29, 0.717) is 6.61 Å². The Morgan fingerprint density at radius 2 is 1.90 bits per heavy atom. The minimum absolute atomic E-state index is 0.153. The maximum atomic E-state index is 12.7. The lowest BCUT2D eigenvalue weighted by Crippen LogP contribution is -2.30. The summed E-state index contributed by atoms with van der Waals surface area (Å²) in [6, 6.07) is 0. The molecule has 1 fully saturated rings. The number of hydrogen-bond donors (Lipinski definition) is 0. The molecule has 0 spiro atoms. The minimum atomic E-state index is -2.29. The van der Waals surface area contributed by atoms with Crippen molar-refractivity contribution in [2.75, 3.05) is 20.0 Å². The van der Waals surface area contributed by atoms with Crippen molar-refractivity contribution in [2.45, 2.75) is 18.2 Å². The van der Waals surface area contributed by atoms with Crippen LogP contribution in [0.4, 0.5) is 13.2 Å². The van der Waals surface area contributed by atoms with Crippen molar-refractivity contribution in [3.8, 4) is 0 Å². The Morgan fingerprint density at radius 1 is 1.40 bits per heavy atom. The number of epoxide rings is 1. The summed E-state index contributed by atoms with van der Waals surface area (Å²) in [6.07, 6.45) is -0.406. The average molecular weight is 154 g/mol. The first-order valence-electron chi connectivity index (χ1n) is 3.13. The third-order valence-corrected chi connectivity index (χ3v) is 1.47. The Kier molecular flexibility index (Phi) is 2.18. The summed E-state index contributed by atoms with van der Waals surface area (Å²) < 4.78 is 40.9. The van der Waals surface area contributed by atoms with Gasteiger partial charge in [0.1, 0.15) is 13.3 Å². The van der Waals surface area contributed by atoms with Crippen LogP contribution in [0.15, 0.2) is 0 Å². The van der Waals surface area contributed by atoms with Gasteiger partial charge in [-0.15, -0.1) is 0 Å². The highest BCUT2D eigenvalue weighted by Crippen LogP contribution is 2.26. The lowest BCUT2D eigenvalue weighted by atomic mass is 10.0. The molecule has 1 nitrogen and oxygen atoms in total. The minimum Gasteiger partial charge on any atom is -0.373 e. The molecule has 1 heterocycles. The Hall–Kier alpha value is -0.250. The van der Waals surface area contributed by atoms with Crippen LogP contribution in [0, 0.1) is 0 Å². The number of halogens is 3. The van der Waals surface area contributed by atoms with Crippen LogP contribution in [-0.4, -0.2) is 31.7 Å². The molecule has 0 N–H and O–H groups in total. The third-order valence-electron chi connectivity index (χ3n) is 1.47. The van der Waals surface area contributed by atoms with Gasteiger partial charge < -0.3 is 4.74 Å². The van der Waals surface area contributed by atoms with E-state index < -0.39 is 19.0 Å². The first-order chi connectivity index (χ1) is 4.70. The summed E-state index contributed by atoms with van der Waals surface area (Å²) in [5.41, 5.74) is -2.29. The number of hydrogen-bond acceptors (Lipinski definition) is 1. The summed E-state index contributed by atoms with van der Waals surface area (Å²) in [5.74, 6) is 0. The molecule has 10 heavy (non-hydrogen) atoms. The molecular formula is C6H9F3O. The van der Waals surface area contributed by atoms with E-state index in [1.807, 2.05) is 0 Å². The summed E-state index contributed by atoms with van der Waals surface area (Å²) in [5, 5.41) is 0. The number of alkyl halides is 3. The second kappa shape index (κ2) is 2.78. The van der Waals surface area contributed by atoms with E-state index in [0.717, 1.165) is 0 Å². The van der Waals surface area contributed by atoms with Crippen LogP contribution in [0.5, 0.6) is 0 Å². The van der Waals surface area contributed by atoms with Crippen LogP contribution in [0.3, 0.4) is 0 Å². The van der Waals surface area contributed by atoms with Crippen LogP contribution < -0.4 is 0 Å². The van der Waals surface area contributed by atoms with Crippen LogP contribution in [-0.2, 0) is 4.74 Å². The molecule has 0 bridgehead atoms. The SMILES string of the molecule is FCC(F)(CF)CC1CO1. The average Bonchev–Trinajstić information content (AvgIpc) is 2.72. The van der Waals surface area contributed by atoms with Crippen LogP contribution in [0.25, 0.3) is 0 Å². The highest BCUT2D eigenvalue weighted by Gasteiger charge is 2.38. The van der Waals surface area contributed by atoms with Crippen molar-refractivity contribution in [1.82, 2.24) is 0 Å². The Balaban J connectivity index is 2.29. The Bertz CT molecular complexity index is 110. The zero-order valence-electron chi connectivity index (χ0n) is 5.45. The van der Waals surface area contributed by atoms with E-state index in [4.69, 9.17) is 0 Å². The van der Waals surface area contributed by atoms with E-state index in [9.17, 15) is 13.2 Å². The molecule has 1 atom stereocenters.